The van der Waals surface area contributed by atoms with Gasteiger partial charge in [-0.3, -0.25) is 4.79 Å². The fraction of sp³-hybridized carbons (Fsp3) is 0.462. The summed E-state index contributed by atoms with van der Waals surface area (Å²) >= 11 is 3.91. The number of carbonyl (C=O) groups excluding carboxylic acids is 1. The molecule has 0 spiro atoms. The van der Waals surface area contributed by atoms with Gasteiger partial charge in [-0.15, -0.1) is 11.8 Å². The highest BCUT2D eigenvalue weighted by Gasteiger charge is 2.08. The number of hydrogen-bond acceptors (Lipinski definition) is 3. The summed E-state index contributed by atoms with van der Waals surface area (Å²) in [6.07, 6.45) is 0.945. The maximum Gasteiger partial charge on any atom is 0.234 e. The minimum Gasteiger partial charge on any atom is -0.330 e. The summed E-state index contributed by atoms with van der Waals surface area (Å²) in [5.41, 5.74) is 7.47. The molecule has 3 nitrogen and oxygen atoms in total. The van der Waals surface area contributed by atoms with Crippen LogP contribution in [0, 0.1) is 10.5 Å². The standard InChI is InChI=1S/C13H19IN2OS/c1-9-7-11(14)3-4-12(9)16-13(17)8-18-10(2)5-6-15/h3-4,7,10H,5-6,8,15H2,1-2H3,(H,16,17). The van der Waals surface area contributed by atoms with Crippen LogP contribution < -0.4 is 11.1 Å². The Hall–Kier alpha value is -0.270. The number of nitrogens with two attached hydrogens (primary N) is 1. The second-order valence-corrected chi connectivity index (χ2v) is 6.88. The average molecular weight is 378 g/mol. The number of carbonyl (C=O) groups is 1. The Morgan fingerprint density at radius 1 is 1.56 bits per heavy atom. The van der Waals surface area contributed by atoms with E-state index in [1.165, 1.54) is 3.57 Å². The molecule has 18 heavy (non-hydrogen) atoms. The van der Waals surface area contributed by atoms with Gasteiger partial charge in [-0.05, 0) is 66.2 Å². The molecule has 0 saturated carbocycles. The molecule has 0 heterocycles. The first-order valence-corrected chi connectivity index (χ1v) is 8.03. The molecule has 5 heteroatoms. The molecule has 100 valence electrons. The van der Waals surface area contributed by atoms with E-state index in [0.29, 0.717) is 17.5 Å². The lowest BCUT2D eigenvalue weighted by molar-refractivity contribution is -0.113. The van der Waals surface area contributed by atoms with E-state index in [9.17, 15) is 4.79 Å². The zero-order valence-electron chi connectivity index (χ0n) is 10.7. The van der Waals surface area contributed by atoms with Crippen molar-refractivity contribution in [3.05, 3.63) is 27.3 Å². The molecule has 1 unspecified atom stereocenters. The van der Waals surface area contributed by atoms with E-state index in [1.807, 2.05) is 19.1 Å². The molecule has 0 fully saturated rings. The van der Waals surface area contributed by atoms with Crippen molar-refractivity contribution in [2.45, 2.75) is 25.5 Å². The highest BCUT2D eigenvalue weighted by molar-refractivity contribution is 14.1. The van der Waals surface area contributed by atoms with Gasteiger partial charge >= 0.3 is 0 Å². The van der Waals surface area contributed by atoms with Gasteiger partial charge in [0.1, 0.15) is 0 Å². The molecular formula is C13H19IN2OS. The summed E-state index contributed by atoms with van der Waals surface area (Å²) in [5.74, 6) is 0.528. The second kappa shape index (κ2) is 8.01. The fourth-order valence-corrected chi connectivity index (χ4v) is 2.95. The first-order valence-electron chi connectivity index (χ1n) is 5.90. The van der Waals surface area contributed by atoms with Gasteiger partial charge in [-0.25, -0.2) is 0 Å². The highest BCUT2D eigenvalue weighted by atomic mass is 127. The van der Waals surface area contributed by atoms with Crippen LogP contribution in [0.2, 0.25) is 0 Å². The Labute approximate surface area is 126 Å². The van der Waals surface area contributed by atoms with Crippen LogP contribution in [0.5, 0.6) is 0 Å². The third-order valence-corrected chi connectivity index (χ3v) is 4.44. The fourth-order valence-electron chi connectivity index (χ4n) is 1.49. The number of benzene rings is 1. The lowest BCUT2D eigenvalue weighted by Gasteiger charge is -2.11. The van der Waals surface area contributed by atoms with Crippen LogP contribution in [-0.4, -0.2) is 23.5 Å². The third kappa shape index (κ3) is 5.58. The van der Waals surface area contributed by atoms with Gasteiger partial charge in [-0.2, -0.15) is 0 Å². The van der Waals surface area contributed by atoms with Crippen LogP contribution in [-0.2, 0) is 4.79 Å². The number of halogens is 1. The normalized spacial score (nSPS) is 12.2. The van der Waals surface area contributed by atoms with E-state index in [0.717, 1.165) is 17.7 Å². The van der Waals surface area contributed by atoms with Crippen molar-refractivity contribution in [2.75, 3.05) is 17.6 Å². The van der Waals surface area contributed by atoms with E-state index in [1.54, 1.807) is 11.8 Å². The van der Waals surface area contributed by atoms with Gasteiger partial charge in [0.05, 0.1) is 5.75 Å². The molecule has 1 amide bonds. The molecule has 0 aliphatic carbocycles. The Kier molecular flexibility index (Phi) is 7.03. The minimum absolute atomic E-state index is 0.0492. The SMILES string of the molecule is Cc1cc(I)ccc1NC(=O)CSC(C)CCN. The summed E-state index contributed by atoms with van der Waals surface area (Å²) in [7, 11) is 0. The van der Waals surface area contributed by atoms with Gasteiger partial charge in [0, 0.05) is 14.5 Å². The van der Waals surface area contributed by atoms with Crippen molar-refractivity contribution in [1.29, 1.82) is 0 Å². The maximum absolute atomic E-state index is 11.8. The lowest BCUT2D eigenvalue weighted by Crippen LogP contribution is -2.17. The van der Waals surface area contributed by atoms with Gasteiger partial charge in [-0.1, -0.05) is 6.92 Å². The maximum atomic E-state index is 11.8. The van der Waals surface area contributed by atoms with E-state index < -0.39 is 0 Å². The number of hydrogen-bond donors (Lipinski definition) is 2. The molecular weight excluding hydrogens is 359 g/mol. The molecule has 0 radical (unpaired) electrons. The Bertz CT molecular complexity index is 412. The smallest absolute Gasteiger partial charge is 0.234 e. The predicted octanol–water partition coefficient (Wildman–Crippen LogP) is 3.01. The average Bonchev–Trinajstić information content (AvgIpc) is 2.31. The van der Waals surface area contributed by atoms with Crippen LogP contribution in [0.25, 0.3) is 0 Å². The van der Waals surface area contributed by atoms with Gasteiger partial charge in [0.25, 0.3) is 0 Å². The van der Waals surface area contributed by atoms with Crippen molar-refractivity contribution >= 4 is 45.9 Å². The highest BCUT2D eigenvalue weighted by Crippen LogP contribution is 2.19. The van der Waals surface area contributed by atoms with Crippen LogP contribution in [0.4, 0.5) is 5.69 Å². The number of nitrogens with one attached hydrogen (secondary N) is 1. The topological polar surface area (TPSA) is 55.1 Å². The monoisotopic (exact) mass is 378 g/mol. The zero-order valence-corrected chi connectivity index (χ0v) is 13.7. The second-order valence-electron chi connectivity index (χ2n) is 4.21. The zero-order chi connectivity index (χ0) is 13.5. The molecule has 1 rings (SSSR count). The van der Waals surface area contributed by atoms with E-state index in [-0.39, 0.29) is 5.91 Å². The van der Waals surface area contributed by atoms with Crippen molar-refractivity contribution in [3.8, 4) is 0 Å². The Balaban J connectivity index is 2.44. The molecule has 0 bridgehead atoms. The molecule has 3 N–H and O–H groups in total. The first kappa shape index (κ1) is 15.8. The summed E-state index contributed by atoms with van der Waals surface area (Å²) in [6.45, 7) is 4.77. The molecule has 0 aromatic heterocycles. The van der Waals surface area contributed by atoms with Crippen molar-refractivity contribution in [2.24, 2.45) is 5.73 Å². The molecule has 1 atom stereocenters. The molecule has 1 aromatic carbocycles. The van der Waals surface area contributed by atoms with E-state index in [4.69, 9.17) is 5.73 Å². The minimum atomic E-state index is 0.0492. The molecule has 0 aliphatic rings. The molecule has 0 aliphatic heterocycles. The number of amides is 1. The predicted molar refractivity (Wildman–Crippen MR) is 88.1 cm³/mol. The molecule has 1 aromatic rings. The Morgan fingerprint density at radius 3 is 2.89 bits per heavy atom. The van der Waals surface area contributed by atoms with E-state index in [2.05, 4.69) is 40.9 Å². The van der Waals surface area contributed by atoms with Crippen LogP contribution in [0.1, 0.15) is 18.9 Å². The van der Waals surface area contributed by atoms with Gasteiger partial charge < -0.3 is 11.1 Å². The summed E-state index contributed by atoms with van der Waals surface area (Å²) in [6, 6.07) is 6.00. The van der Waals surface area contributed by atoms with Crippen LogP contribution >= 0.6 is 34.4 Å². The first-order chi connectivity index (χ1) is 8.52. The number of rotatable bonds is 6. The van der Waals surface area contributed by atoms with E-state index >= 15 is 0 Å². The molecule has 0 saturated heterocycles. The quantitative estimate of drug-likeness (QED) is 0.749. The van der Waals surface area contributed by atoms with Crippen molar-refractivity contribution in [1.82, 2.24) is 0 Å². The summed E-state index contributed by atoms with van der Waals surface area (Å²) in [5, 5.41) is 3.37. The number of anilines is 1. The van der Waals surface area contributed by atoms with Crippen LogP contribution in [0.15, 0.2) is 18.2 Å². The summed E-state index contributed by atoms with van der Waals surface area (Å²) < 4.78 is 1.18. The number of thioether (sulfide) groups is 1. The number of aryl methyl sites for hydroxylation is 1. The third-order valence-electron chi connectivity index (χ3n) is 2.53. The summed E-state index contributed by atoms with van der Waals surface area (Å²) in [4.78, 5) is 11.8. The van der Waals surface area contributed by atoms with Gasteiger partial charge in [0.2, 0.25) is 5.91 Å². The van der Waals surface area contributed by atoms with Crippen molar-refractivity contribution < 1.29 is 4.79 Å². The van der Waals surface area contributed by atoms with Crippen molar-refractivity contribution in [3.63, 3.8) is 0 Å². The Morgan fingerprint density at radius 2 is 2.28 bits per heavy atom. The van der Waals surface area contributed by atoms with Crippen LogP contribution in [0.3, 0.4) is 0 Å². The van der Waals surface area contributed by atoms with Gasteiger partial charge in [0.15, 0.2) is 0 Å². The largest absolute Gasteiger partial charge is 0.330 e. The lowest BCUT2D eigenvalue weighted by atomic mass is 10.2.